The summed E-state index contributed by atoms with van der Waals surface area (Å²) < 4.78 is 3.15. The first-order chi connectivity index (χ1) is 10.4. The second-order valence-electron chi connectivity index (χ2n) is 7.16. The normalized spacial score (nSPS) is 12.5. The Morgan fingerprint density at radius 1 is 1.00 bits per heavy atom. The molecule has 0 saturated carbocycles. The molecule has 0 saturated heterocycles. The molecule has 0 radical (unpaired) electrons. The summed E-state index contributed by atoms with van der Waals surface area (Å²) in [5.74, 6) is 0. The van der Waals surface area contributed by atoms with Crippen molar-refractivity contribution in [1.29, 1.82) is 0 Å². The van der Waals surface area contributed by atoms with Crippen LogP contribution in [-0.2, 0) is 24.6 Å². The zero-order valence-corrected chi connectivity index (χ0v) is 18.9. The van der Waals surface area contributed by atoms with E-state index in [9.17, 15) is 0 Å². The molecule has 1 aromatic carbocycles. The fourth-order valence-electron chi connectivity index (χ4n) is 2.98. The van der Waals surface area contributed by atoms with Gasteiger partial charge in [0.25, 0.3) is 0 Å². The number of fused-ring (bicyclic) bond motifs is 1. The van der Waals surface area contributed by atoms with Gasteiger partial charge in [-0.15, -0.1) is 0 Å². The summed E-state index contributed by atoms with van der Waals surface area (Å²) in [4.78, 5) is 3.55. The number of rotatable bonds is 2. The van der Waals surface area contributed by atoms with Crippen LogP contribution in [0.3, 0.4) is 0 Å². The Labute approximate surface area is 167 Å². The molecule has 3 rings (SSSR count). The van der Waals surface area contributed by atoms with Crippen molar-refractivity contribution in [1.82, 2.24) is 4.98 Å². The van der Waals surface area contributed by atoms with E-state index < -0.39 is 8.41 Å². The van der Waals surface area contributed by atoms with Crippen molar-refractivity contribution in [2.45, 2.75) is 39.3 Å². The zero-order chi connectivity index (χ0) is 15.9. The van der Waals surface area contributed by atoms with Crippen molar-refractivity contribution in [2.24, 2.45) is 0 Å². The first-order valence-corrected chi connectivity index (χ1v) is 11.9. The van der Waals surface area contributed by atoms with E-state index >= 15 is 0 Å². The van der Waals surface area contributed by atoms with E-state index in [-0.39, 0.29) is 49.4 Å². The topological polar surface area (TPSA) is 15.8 Å². The van der Waals surface area contributed by atoms with Crippen molar-refractivity contribution in [2.75, 3.05) is 0 Å². The monoisotopic (exact) mass is 411 g/mol. The standard InChI is InChI=1S/C11H11Si.C8H12N.2ClH.Ti/c1-12(2)11-7-9-5-3-4-6-10(9)8-11;1-8(2,3)7-4-5-9-6-7;;;/h3-7H,1-2H3;4-5,9H,1-3H3;2*1H;/q;;;;+2/p-2. The van der Waals surface area contributed by atoms with E-state index in [1.54, 1.807) is 9.05 Å². The van der Waals surface area contributed by atoms with Gasteiger partial charge in [0.15, 0.2) is 0 Å². The Bertz CT molecular complexity index is 871. The summed E-state index contributed by atoms with van der Waals surface area (Å²) in [6.45, 7) is 11.8. The molecule has 5 heteroatoms. The predicted molar refractivity (Wildman–Crippen MR) is 95.2 cm³/mol. The molecular formula is C19H23Cl2NSiTi. The molecular weight excluding hydrogens is 389 g/mol. The summed E-state index contributed by atoms with van der Waals surface area (Å²) in [5, 5.41) is 4.55. The summed E-state index contributed by atoms with van der Waals surface area (Å²) >= 11 is -0.333. The van der Waals surface area contributed by atoms with Gasteiger partial charge < -0.3 is 24.8 Å². The first-order valence-electron chi connectivity index (χ1n) is 7.82. The molecule has 2 aromatic rings. The third-order valence-electron chi connectivity index (χ3n) is 4.14. The van der Waals surface area contributed by atoms with E-state index in [2.05, 4.69) is 81.5 Å². The van der Waals surface area contributed by atoms with E-state index in [0.29, 0.717) is 0 Å². The number of halogens is 2. The Morgan fingerprint density at radius 3 is 2.29 bits per heavy atom. The molecule has 1 aromatic heterocycles. The van der Waals surface area contributed by atoms with Crippen LogP contribution in [0.15, 0.2) is 36.5 Å². The molecule has 0 fully saturated rings. The van der Waals surface area contributed by atoms with Gasteiger partial charge in [0, 0.05) is 0 Å². The van der Waals surface area contributed by atoms with Crippen LogP contribution in [0.5, 0.6) is 0 Å². The summed E-state index contributed by atoms with van der Waals surface area (Å²) in [7, 11) is -0.435. The van der Waals surface area contributed by atoms with Gasteiger partial charge in [-0.1, -0.05) is 0 Å². The number of H-pyrrole nitrogens is 1. The minimum absolute atomic E-state index is 0. The van der Waals surface area contributed by atoms with Gasteiger partial charge in [-0.2, -0.15) is 0 Å². The Kier molecular flexibility index (Phi) is 7.52. The van der Waals surface area contributed by atoms with Gasteiger partial charge in [-0.3, -0.25) is 0 Å². The molecule has 1 aliphatic carbocycles. The van der Waals surface area contributed by atoms with Crippen molar-refractivity contribution >= 4 is 27.5 Å². The molecule has 0 atom stereocenters. The van der Waals surface area contributed by atoms with Crippen molar-refractivity contribution in [3.8, 4) is 0 Å². The SMILES string of the molecule is C[Si](C)=C1C=c2ccccc2=[C]1[Ti+2][c]1[nH]ccc1C(C)(C)C.[Cl-].[Cl-]. The smallest absolute Gasteiger partial charge is 1.00 e. The Hall–Kier alpha value is -0.379. The van der Waals surface area contributed by atoms with E-state index in [0.717, 1.165) is 0 Å². The van der Waals surface area contributed by atoms with Crippen LogP contribution in [0.25, 0.3) is 9.95 Å². The molecule has 1 N–H and O–H groups in total. The molecule has 1 heterocycles. The van der Waals surface area contributed by atoms with Crippen molar-refractivity contribution < 1.29 is 44.0 Å². The maximum absolute atomic E-state index is 3.55. The average molecular weight is 412 g/mol. The predicted octanol–water partition coefficient (Wildman–Crippen LogP) is -3.86. The number of aromatic nitrogens is 1. The van der Waals surface area contributed by atoms with Crippen molar-refractivity contribution in [3.63, 3.8) is 0 Å². The van der Waals surface area contributed by atoms with Crippen LogP contribution >= 0.6 is 0 Å². The molecule has 126 valence electrons. The summed E-state index contributed by atoms with van der Waals surface area (Å²) in [6.07, 6.45) is 4.57. The Morgan fingerprint density at radius 2 is 1.67 bits per heavy atom. The van der Waals surface area contributed by atoms with Crippen LogP contribution in [-0.4, -0.2) is 18.6 Å². The third kappa shape index (κ3) is 4.23. The van der Waals surface area contributed by atoms with E-state index in [1.165, 1.54) is 20.0 Å². The molecule has 1 nitrogen and oxygen atoms in total. The molecule has 0 spiro atoms. The van der Waals surface area contributed by atoms with Gasteiger partial charge >= 0.3 is 143 Å². The van der Waals surface area contributed by atoms with Crippen LogP contribution < -0.4 is 39.3 Å². The van der Waals surface area contributed by atoms with Crippen LogP contribution in [0.4, 0.5) is 0 Å². The molecule has 0 aliphatic heterocycles. The maximum atomic E-state index is 3.55. The van der Waals surface area contributed by atoms with Gasteiger partial charge in [0.2, 0.25) is 0 Å². The van der Waals surface area contributed by atoms with Gasteiger partial charge in [-0.05, 0) is 0 Å². The molecule has 0 bridgehead atoms. The third-order valence-corrected chi connectivity index (χ3v) is 8.27. The molecule has 1 aliphatic rings. The van der Waals surface area contributed by atoms with Crippen LogP contribution in [0.2, 0.25) is 13.1 Å². The van der Waals surface area contributed by atoms with Crippen LogP contribution in [0, 0.1) is 0 Å². The summed E-state index contributed by atoms with van der Waals surface area (Å²) in [6, 6.07) is 11.2. The second kappa shape index (κ2) is 8.33. The van der Waals surface area contributed by atoms with Gasteiger partial charge in [-0.25, -0.2) is 0 Å². The largest absolute Gasteiger partial charge is 1.00 e. The number of hydrogen-bond donors (Lipinski definition) is 1. The number of aromatic amines is 1. The van der Waals surface area contributed by atoms with Crippen molar-refractivity contribution in [3.05, 3.63) is 52.5 Å². The molecule has 0 unspecified atom stereocenters. The van der Waals surface area contributed by atoms with Gasteiger partial charge in [0.05, 0.1) is 0 Å². The molecule has 0 amide bonds. The Balaban J connectivity index is 0.00000144. The average Bonchev–Trinajstić information content (AvgIpc) is 3.04. The van der Waals surface area contributed by atoms with E-state index in [4.69, 9.17) is 0 Å². The fourth-order valence-corrected chi connectivity index (χ4v) is 7.93. The molecule has 24 heavy (non-hydrogen) atoms. The minimum atomic E-state index is -0.435. The first kappa shape index (κ1) is 21.7. The second-order valence-corrected chi connectivity index (χ2v) is 11.7. The number of benzene rings is 1. The minimum Gasteiger partial charge on any atom is -1.00 e. The van der Waals surface area contributed by atoms with Gasteiger partial charge in [0.1, 0.15) is 0 Å². The number of hydrogen-bond acceptors (Lipinski definition) is 0. The quantitative estimate of drug-likeness (QED) is 0.487. The number of nitrogens with one attached hydrogen (secondary N) is 1. The van der Waals surface area contributed by atoms with Crippen LogP contribution in [0.1, 0.15) is 26.3 Å². The zero-order valence-electron chi connectivity index (χ0n) is 14.8. The maximum Gasteiger partial charge on any atom is -1.00 e. The fraction of sp³-hybridized carbons (Fsp3) is 0.316. The van der Waals surface area contributed by atoms with E-state index in [1.807, 2.05) is 0 Å². The summed E-state index contributed by atoms with van der Waals surface area (Å²) in [5.41, 5.74) is 1.71.